The predicted octanol–water partition coefficient (Wildman–Crippen LogP) is 4.21. The Labute approximate surface area is 139 Å². The lowest BCUT2D eigenvalue weighted by Gasteiger charge is -2.10. The zero-order valence-electron chi connectivity index (χ0n) is 12.7. The molecule has 2 N–H and O–H groups in total. The maximum absolute atomic E-state index is 12.0. The number of rotatable bonds is 6. The molecule has 0 aliphatic carbocycles. The third-order valence-electron chi connectivity index (χ3n) is 3.21. The molecule has 2 rings (SSSR count). The van der Waals surface area contributed by atoms with Crippen LogP contribution in [0.4, 0.5) is 11.4 Å². The summed E-state index contributed by atoms with van der Waals surface area (Å²) in [7, 11) is 1.63. The summed E-state index contributed by atoms with van der Waals surface area (Å²) in [6, 6.07) is 13.4. The molecule has 0 saturated carbocycles. The Morgan fingerprint density at radius 3 is 2.77 bits per heavy atom. The standard InChI is InChI=1S/C17H19BrN2O2/c1-12-10-13(18)6-7-16(12)20-17(21)8-9-19-14-4-3-5-15(11-14)22-2/h3-7,10-11,19H,8-9H2,1-2H3,(H,20,21). The summed E-state index contributed by atoms with van der Waals surface area (Å²) in [6.07, 6.45) is 0.396. The SMILES string of the molecule is COc1cccc(NCCC(=O)Nc2ccc(Br)cc2C)c1. The fourth-order valence-corrected chi connectivity index (χ4v) is 2.51. The summed E-state index contributed by atoms with van der Waals surface area (Å²) < 4.78 is 6.16. The van der Waals surface area contributed by atoms with Gasteiger partial charge in [0, 0.05) is 34.9 Å². The van der Waals surface area contributed by atoms with Gasteiger partial charge in [0.1, 0.15) is 5.75 Å². The highest BCUT2D eigenvalue weighted by atomic mass is 79.9. The van der Waals surface area contributed by atoms with Crippen LogP contribution in [0.25, 0.3) is 0 Å². The quantitative estimate of drug-likeness (QED) is 0.809. The number of anilines is 2. The van der Waals surface area contributed by atoms with Crippen LogP contribution < -0.4 is 15.4 Å². The molecule has 2 aromatic carbocycles. The van der Waals surface area contributed by atoms with Gasteiger partial charge in [0.15, 0.2) is 0 Å². The first-order valence-electron chi connectivity index (χ1n) is 7.02. The molecule has 5 heteroatoms. The highest BCUT2D eigenvalue weighted by molar-refractivity contribution is 9.10. The molecule has 0 heterocycles. The van der Waals surface area contributed by atoms with Gasteiger partial charge in [0.05, 0.1) is 7.11 Å². The van der Waals surface area contributed by atoms with Crippen molar-refractivity contribution in [2.45, 2.75) is 13.3 Å². The van der Waals surface area contributed by atoms with E-state index in [0.29, 0.717) is 13.0 Å². The first-order valence-corrected chi connectivity index (χ1v) is 7.81. The minimum absolute atomic E-state index is 0.0131. The van der Waals surface area contributed by atoms with Crippen molar-refractivity contribution in [2.24, 2.45) is 0 Å². The van der Waals surface area contributed by atoms with E-state index >= 15 is 0 Å². The number of amides is 1. The van der Waals surface area contributed by atoms with Crippen LogP contribution in [-0.4, -0.2) is 19.6 Å². The van der Waals surface area contributed by atoms with Crippen molar-refractivity contribution in [3.63, 3.8) is 0 Å². The molecule has 1 amide bonds. The molecule has 0 aliphatic heterocycles. The summed E-state index contributed by atoms with van der Waals surface area (Å²) in [6.45, 7) is 2.53. The monoisotopic (exact) mass is 362 g/mol. The van der Waals surface area contributed by atoms with Gasteiger partial charge in [-0.15, -0.1) is 0 Å². The Balaban J connectivity index is 1.82. The molecule has 2 aromatic rings. The van der Waals surface area contributed by atoms with Crippen LogP contribution >= 0.6 is 15.9 Å². The van der Waals surface area contributed by atoms with Crippen LogP contribution in [-0.2, 0) is 4.79 Å². The van der Waals surface area contributed by atoms with E-state index in [9.17, 15) is 4.79 Å². The van der Waals surface area contributed by atoms with E-state index in [1.54, 1.807) is 7.11 Å². The van der Waals surface area contributed by atoms with Gasteiger partial charge in [-0.3, -0.25) is 4.79 Å². The van der Waals surface area contributed by atoms with Crippen molar-refractivity contribution in [2.75, 3.05) is 24.3 Å². The molecule has 116 valence electrons. The van der Waals surface area contributed by atoms with Crippen LogP contribution in [0, 0.1) is 6.92 Å². The minimum Gasteiger partial charge on any atom is -0.497 e. The molecule has 4 nitrogen and oxygen atoms in total. The second kappa shape index (κ2) is 7.84. The second-order valence-electron chi connectivity index (χ2n) is 4.92. The lowest BCUT2D eigenvalue weighted by atomic mass is 10.2. The number of ether oxygens (including phenoxy) is 1. The molecule has 0 saturated heterocycles. The number of aryl methyl sites for hydroxylation is 1. The van der Waals surface area contributed by atoms with Crippen molar-refractivity contribution in [1.29, 1.82) is 0 Å². The van der Waals surface area contributed by atoms with E-state index in [4.69, 9.17) is 4.74 Å². The fourth-order valence-electron chi connectivity index (χ4n) is 2.03. The van der Waals surface area contributed by atoms with E-state index in [1.165, 1.54) is 0 Å². The number of hydrogen-bond donors (Lipinski definition) is 2. The van der Waals surface area contributed by atoms with Crippen LogP contribution in [0.1, 0.15) is 12.0 Å². The second-order valence-corrected chi connectivity index (χ2v) is 5.83. The van der Waals surface area contributed by atoms with Gasteiger partial charge in [-0.25, -0.2) is 0 Å². The number of carbonyl (C=O) groups excluding carboxylic acids is 1. The number of nitrogens with one attached hydrogen (secondary N) is 2. The zero-order chi connectivity index (χ0) is 15.9. The highest BCUT2D eigenvalue weighted by Crippen LogP contribution is 2.20. The average Bonchev–Trinajstić information content (AvgIpc) is 2.50. The maximum atomic E-state index is 12.0. The Morgan fingerprint density at radius 2 is 2.05 bits per heavy atom. The first kappa shape index (κ1) is 16.4. The Kier molecular flexibility index (Phi) is 5.83. The highest BCUT2D eigenvalue weighted by Gasteiger charge is 2.05. The molecule has 0 bridgehead atoms. The number of benzene rings is 2. The van der Waals surface area contributed by atoms with Gasteiger partial charge in [-0.2, -0.15) is 0 Å². The third-order valence-corrected chi connectivity index (χ3v) is 3.71. The normalized spacial score (nSPS) is 10.1. The summed E-state index contributed by atoms with van der Waals surface area (Å²) in [5.41, 5.74) is 2.81. The Bertz CT molecular complexity index is 659. The molecule has 22 heavy (non-hydrogen) atoms. The topological polar surface area (TPSA) is 50.4 Å². The molecule has 0 radical (unpaired) electrons. The van der Waals surface area contributed by atoms with Crippen molar-refractivity contribution >= 4 is 33.2 Å². The number of halogens is 1. The number of carbonyl (C=O) groups is 1. The fraction of sp³-hybridized carbons (Fsp3) is 0.235. The number of methoxy groups -OCH3 is 1. The van der Waals surface area contributed by atoms with Crippen molar-refractivity contribution in [3.05, 3.63) is 52.5 Å². The first-order chi connectivity index (χ1) is 10.6. The molecule has 0 fully saturated rings. The van der Waals surface area contributed by atoms with Crippen molar-refractivity contribution in [3.8, 4) is 5.75 Å². The van der Waals surface area contributed by atoms with Crippen molar-refractivity contribution < 1.29 is 9.53 Å². The van der Waals surface area contributed by atoms with Crippen LogP contribution in [0.3, 0.4) is 0 Å². The van der Waals surface area contributed by atoms with E-state index in [1.807, 2.05) is 49.4 Å². The van der Waals surface area contributed by atoms with Crippen LogP contribution in [0.15, 0.2) is 46.9 Å². The third kappa shape index (κ3) is 4.77. The zero-order valence-corrected chi connectivity index (χ0v) is 14.2. The van der Waals surface area contributed by atoms with Gasteiger partial charge in [-0.1, -0.05) is 22.0 Å². The van der Waals surface area contributed by atoms with E-state index in [2.05, 4.69) is 26.6 Å². The molecule has 0 aromatic heterocycles. The largest absolute Gasteiger partial charge is 0.497 e. The lowest BCUT2D eigenvalue weighted by molar-refractivity contribution is -0.115. The Hall–Kier alpha value is -2.01. The summed E-state index contributed by atoms with van der Waals surface area (Å²) in [5.74, 6) is 0.778. The molecule has 0 atom stereocenters. The molecule has 0 unspecified atom stereocenters. The van der Waals surface area contributed by atoms with Gasteiger partial charge < -0.3 is 15.4 Å². The summed E-state index contributed by atoms with van der Waals surface area (Å²) in [4.78, 5) is 12.0. The van der Waals surface area contributed by atoms with E-state index < -0.39 is 0 Å². The minimum atomic E-state index is -0.0131. The van der Waals surface area contributed by atoms with E-state index in [0.717, 1.165) is 27.2 Å². The van der Waals surface area contributed by atoms with Gasteiger partial charge in [0.25, 0.3) is 0 Å². The van der Waals surface area contributed by atoms with Crippen LogP contribution in [0.5, 0.6) is 5.75 Å². The van der Waals surface area contributed by atoms with E-state index in [-0.39, 0.29) is 5.91 Å². The smallest absolute Gasteiger partial charge is 0.226 e. The summed E-state index contributed by atoms with van der Waals surface area (Å²) in [5, 5.41) is 6.13. The Morgan fingerprint density at radius 1 is 1.23 bits per heavy atom. The summed E-state index contributed by atoms with van der Waals surface area (Å²) >= 11 is 3.41. The van der Waals surface area contributed by atoms with Crippen LogP contribution in [0.2, 0.25) is 0 Å². The van der Waals surface area contributed by atoms with Gasteiger partial charge in [-0.05, 0) is 42.8 Å². The molecular formula is C17H19BrN2O2. The molecule has 0 spiro atoms. The molecular weight excluding hydrogens is 344 g/mol. The van der Waals surface area contributed by atoms with Crippen molar-refractivity contribution in [1.82, 2.24) is 0 Å². The number of hydrogen-bond acceptors (Lipinski definition) is 3. The average molecular weight is 363 g/mol. The predicted molar refractivity (Wildman–Crippen MR) is 93.6 cm³/mol. The van der Waals surface area contributed by atoms with Gasteiger partial charge in [0.2, 0.25) is 5.91 Å². The maximum Gasteiger partial charge on any atom is 0.226 e. The molecule has 0 aliphatic rings. The lowest BCUT2D eigenvalue weighted by Crippen LogP contribution is -2.16. The van der Waals surface area contributed by atoms with Gasteiger partial charge >= 0.3 is 0 Å².